The molecule has 0 saturated carbocycles. The molecule has 0 unspecified atom stereocenters. The number of nitrogens with one attached hydrogen (secondary N) is 1. The van der Waals surface area contributed by atoms with Gasteiger partial charge in [0.15, 0.2) is 0 Å². The van der Waals surface area contributed by atoms with Crippen molar-refractivity contribution in [2.45, 2.75) is 26.8 Å². The number of rotatable bonds is 6. The van der Waals surface area contributed by atoms with Crippen LogP contribution in [-0.4, -0.2) is 46.6 Å². The molecule has 25 heavy (non-hydrogen) atoms. The van der Waals surface area contributed by atoms with Crippen LogP contribution in [0.25, 0.3) is 0 Å². The van der Waals surface area contributed by atoms with Crippen molar-refractivity contribution in [2.24, 2.45) is 5.92 Å². The summed E-state index contributed by atoms with van der Waals surface area (Å²) in [7, 11) is 0. The zero-order valence-electron chi connectivity index (χ0n) is 14.3. The lowest BCUT2D eigenvalue weighted by atomic mass is 10.1. The fourth-order valence-corrected chi connectivity index (χ4v) is 2.70. The highest BCUT2D eigenvalue weighted by Crippen LogP contribution is 2.18. The number of benzene rings is 1. The molecule has 1 fully saturated rings. The summed E-state index contributed by atoms with van der Waals surface area (Å²) in [5.41, 5.74) is 0.789. The van der Waals surface area contributed by atoms with Crippen LogP contribution in [0.15, 0.2) is 24.3 Å². The van der Waals surface area contributed by atoms with Gasteiger partial charge < -0.3 is 5.32 Å². The average molecular weight is 366 g/mol. The van der Waals surface area contributed by atoms with Crippen LogP contribution in [0.3, 0.4) is 0 Å². The van der Waals surface area contributed by atoms with E-state index in [4.69, 9.17) is 11.6 Å². The second-order valence-corrected chi connectivity index (χ2v) is 6.76. The highest BCUT2D eigenvalue weighted by Gasteiger charge is 2.45. The predicted octanol–water partition coefficient (Wildman–Crippen LogP) is 1.96. The molecule has 1 aliphatic heterocycles. The van der Waals surface area contributed by atoms with Crippen molar-refractivity contribution in [3.8, 4) is 0 Å². The third-order valence-corrected chi connectivity index (χ3v) is 3.95. The Balaban J connectivity index is 2.01. The number of nitrogens with zero attached hydrogens (tertiary/aromatic N) is 2. The van der Waals surface area contributed by atoms with Crippen LogP contribution >= 0.6 is 11.6 Å². The van der Waals surface area contributed by atoms with Crippen molar-refractivity contribution in [1.29, 1.82) is 0 Å². The number of imide groups is 2. The van der Waals surface area contributed by atoms with E-state index in [9.17, 15) is 19.2 Å². The molecule has 8 heteroatoms. The normalized spacial score (nSPS) is 16.0. The SMILES string of the molecule is CC(C)CN1C(=O)C(=O)N(CC(=O)N[C@@H](C)c2cccc(Cl)c2)C1=O. The van der Waals surface area contributed by atoms with E-state index < -0.39 is 30.3 Å². The summed E-state index contributed by atoms with van der Waals surface area (Å²) in [6.45, 7) is 5.05. The minimum Gasteiger partial charge on any atom is -0.348 e. The molecule has 7 nitrogen and oxygen atoms in total. The van der Waals surface area contributed by atoms with E-state index in [0.29, 0.717) is 9.92 Å². The predicted molar refractivity (Wildman–Crippen MR) is 91.7 cm³/mol. The Kier molecular flexibility index (Phi) is 5.79. The van der Waals surface area contributed by atoms with Gasteiger partial charge >= 0.3 is 17.8 Å². The Morgan fingerprint density at radius 3 is 2.36 bits per heavy atom. The van der Waals surface area contributed by atoms with Crippen molar-refractivity contribution in [2.75, 3.05) is 13.1 Å². The number of carbonyl (C=O) groups excluding carboxylic acids is 4. The van der Waals surface area contributed by atoms with E-state index in [0.717, 1.165) is 10.5 Å². The highest BCUT2D eigenvalue weighted by atomic mass is 35.5. The molecule has 0 radical (unpaired) electrons. The maximum absolute atomic E-state index is 12.2. The van der Waals surface area contributed by atoms with Gasteiger partial charge in [-0.2, -0.15) is 0 Å². The topological polar surface area (TPSA) is 86.8 Å². The van der Waals surface area contributed by atoms with Gasteiger partial charge in [-0.3, -0.25) is 19.3 Å². The minimum atomic E-state index is -0.976. The van der Waals surface area contributed by atoms with Crippen LogP contribution in [0.1, 0.15) is 32.4 Å². The van der Waals surface area contributed by atoms with E-state index in [1.54, 1.807) is 31.2 Å². The molecule has 0 bridgehead atoms. The van der Waals surface area contributed by atoms with E-state index >= 15 is 0 Å². The molecule has 134 valence electrons. The first-order chi connectivity index (χ1) is 11.7. The number of urea groups is 1. The lowest BCUT2D eigenvalue weighted by Crippen LogP contribution is -2.42. The van der Waals surface area contributed by atoms with Gasteiger partial charge in [0.1, 0.15) is 6.54 Å². The molecule has 0 aliphatic carbocycles. The second-order valence-electron chi connectivity index (χ2n) is 6.33. The number of amides is 5. The van der Waals surface area contributed by atoms with Gasteiger partial charge in [0, 0.05) is 11.6 Å². The number of hydrogen-bond acceptors (Lipinski definition) is 4. The monoisotopic (exact) mass is 365 g/mol. The molecule has 1 N–H and O–H groups in total. The van der Waals surface area contributed by atoms with Crippen molar-refractivity contribution >= 4 is 35.4 Å². The Labute approximate surface area is 150 Å². The Hall–Kier alpha value is -2.41. The molecule has 0 spiro atoms. The number of carbonyl (C=O) groups is 4. The molecule has 1 atom stereocenters. The fourth-order valence-electron chi connectivity index (χ4n) is 2.51. The Morgan fingerprint density at radius 1 is 1.12 bits per heavy atom. The average Bonchev–Trinajstić information content (AvgIpc) is 2.72. The summed E-state index contributed by atoms with van der Waals surface area (Å²) >= 11 is 5.92. The summed E-state index contributed by atoms with van der Waals surface area (Å²) in [5, 5.41) is 3.23. The van der Waals surface area contributed by atoms with Crippen LogP contribution in [-0.2, 0) is 14.4 Å². The first-order valence-corrected chi connectivity index (χ1v) is 8.30. The number of hydrogen-bond donors (Lipinski definition) is 1. The molecule has 1 aliphatic rings. The molecular weight excluding hydrogens is 346 g/mol. The summed E-state index contributed by atoms with van der Waals surface area (Å²) in [4.78, 5) is 49.8. The molecule has 1 aromatic rings. The summed E-state index contributed by atoms with van der Waals surface area (Å²) in [6, 6.07) is 5.88. The molecule has 1 heterocycles. The van der Waals surface area contributed by atoms with E-state index in [1.807, 2.05) is 13.8 Å². The third kappa shape index (κ3) is 4.36. The minimum absolute atomic E-state index is 0.0253. The van der Waals surface area contributed by atoms with Gasteiger partial charge in [0.25, 0.3) is 0 Å². The van der Waals surface area contributed by atoms with Crippen LogP contribution in [0.5, 0.6) is 0 Å². The molecule has 0 aromatic heterocycles. The van der Waals surface area contributed by atoms with Crippen LogP contribution in [0.4, 0.5) is 4.79 Å². The highest BCUT2D eigenvalue weighted by molar-refractivity contribution is 6.45. The fraction of sp³-hybridized carbons (Fsp3) is 0.412. The first kappa shape index (κ1) is 18.9. The van der Waals surface area contributed by atoms with Crippen LogP contribution in [0, 0.1) is 5.92 Å². The molecule has 1 saturated heterocycles. The Bertz CT molecular complexity index is 720. The lowest BCUT2D eigenvalue weighted by Gasteiger charge is -2.18. The van der Waals surface area contributed by atoms with Crippen molar-refractivity contribution < 1.29 is 19.2 Å². The van der Waals surface area contributed by atoms with Gasteiger partial charge in [0.05, 0.1) is 6.04 Å². The van der Waals surface area contributed by atoms with Gasteiger partial charge in [-0.05, 0) is 30.5 Å². The van der Waals surface area contributed by atoms with E-state index in [1.165, 1.54) is 0 Å². The summed E-state index contributed by atoms with van der Waals surface area (Å²) in [6.07, 6.45) is 0. The van der Waals surface area contributed by atoms with Crippen molar-refractivity contribution in [3.05, 3.63) is 34.9 Å². The van der Waals surface area contributed by atoms with Gasteiger partial charge in [-0.25, -0.2) is 9.69 Å². The first-order valence-electron chi connectivity index (χ1n) is 7.92. The zero-order chi connectivity index (χ0) is 18.7. The van der Waals surface area contributed by atoms with Crippen molar-refractivity contribution in [3.63, 3.8) is 0 Å². The van der Waals surface area contributed by atoms with Gasteiger partial charge in [0.2, 0.25) is 5.91 Å². The molecular formula is C17H20ClN3O4. The standard InChI is InChI=1S/C17H20ClN3O4/c1-10(2)8-20-15(23)16(24)21(17(20)25)9-14(22)19-11(3)12-5-4-6-13(18)7-12/h4-7,10-11H,8-9H2,1-3H3,(H,19,22)/t11-/m0/s1. The molecule has 2 rings (SSSR count). The van der Waals surface area contributed by atoms with Crippen LogP contribution < -0.4 is 5.32 Å². The lowest BCUT2D eigenvalue weighted by molar-refractivity contribution is -0.144. The van der Waals surface area contributed by atoms with Crippen LogP contribution in [0.2, 0.25) is 5.02 Å². The summed E-state index contributed by atoms with van der Waals surface area (Å²) < 4.78 is 0. The van der Waals surface area contributed by atoms with Crippen molar-refractivity contribution in [1.82, 2.24) is 15.1 Å². The maximum Gasteiger partial charge on any atom is 0.334 e. The quantitative estimate of drug-likeness (QED) is 0.616. The molecule has 1 aromatic carbocycles. The third-order valence-electron chi connectivity index (χ3n) is 3.71. The number of halogens is 1. The second kappa shape index (κ2) is 7.65. The van der Waals surface area contributed by atoms with Gasteiger partial charge in [-0.1, -0.05) is 37.6 Å². The Morgan fingerprint density at radius 2 is 1.76 bits per heavy atom. The zero-order valence-corrected chi connectivity index (χ0v) is 15.0. The van der Waals surface area contributed by atoms with E-state index in [-0.39, 0.29) is 18.5 Å². The largest absolute Gasteiger partial charge is 0.348 e. The maximum atomic E-state index is 12.2. The smallest absolute Gasteiger partial charge is 0.334 e. The molecule has 5 amide bonds. The van der Waals surface area contributed by atoms with Gasteiger partial charge in [-0.15, -0.1) is 0 Å². The van der Waals surface area contributed by atoms with E-state index in [2.05, 4.69) is 5.32 Å². The summed E-state index contributed by atoms with van der Waals surface area (Å²) in [5.74, 6) is -2.38.